The van der Waals surface area contributed by atoms with Gasteiger partial charge in [-0.2, -0.15) is 5.10 Å². The number of hydrogen-bond acceptors (Lipinski definition) is 5. The Morgan fingerprint density at radius 3 is 2.96 bits per heavy atom. The molecule has 2 aromatic heterocycles. The van der Waals surface area contributed by atoms with E-state index >= 15 is 0 Å². The fourth-order valence-corrected chi connectivity index (χ4v) is 3.53. The summed E-state index contributed by atoms with van der Waals surface area (Å²) in [6.45, 7) is 3.33. The summed E-state index contributed by atoms with van der Waals surface area (Å²) in [6, 6.07) is 0.971. The molecule has 0 radical (unpaired) electrons. The topological polar surface area (TPSA) is 76.2 Å². The van der Waals surface area contributed by atoms with E-state index in [1.165, 1.54) is 6.42 Å². The van der Waals surface area contributed by atoms with Crippen LogP contribution in [0.5, 0.6) is 0 Å². The van der Waals surface area contributed by atoms with E-state index in [1.807, 2.05) is 18.1 Å². The van der Waals surface area contributed by atoms with Gasteiger partial charge in [0.2, 0.25) is 5.89 Å². The number of aromatic nitrogens is 3. The Morgan fingerprint density at radius 1 is 1.35 bits per heavy atom. The van der Waals surface area contributed by atoms with Gasteiger partial charge in [0.1, 0.15) is 5.76 Å². The van der Waals surface area contributed by atoms with Crippen LogP contribution in [0.2, 0.25) is 0 Å². The molecule has 1 N–H and O–H groups in total. The van der Waals surface area contributed by atoms with E-state index in [-0.39, 0.29) is 5.91 Å². The predicted molar refractivity (Wildman–Crippen MR) is 83.9 cm³/mol. The Balaban J connectivity index is 1.57. The maximum atomic E-state index is 12.9. The van der Waals surface area contributed by atoms with Crippen LogP contribution < -0.4 is 5.32 Å². The van der Waals surface area contributed by atoms with Crippen molar-refractivity contribution in [2.75, 3.05) is 13.1 Å². The van der Waals surface area contributed by atoms with Gasteiger partial charge in [-0.05, 0) is 26.2 Å². The summed E-state index contributed by atoms with van der Waals surface area (Å²) in [6.07, 6.45) is 6.89. The van der Waals surface area contributed by atoms with Crippen molar-refractivity contribution in [1.29, 1.82) is 0 Å². The number of amides is 1. The van der Waals surface area contributed by atoms with E-state index in [0.29, 0.717) is 29.4 Å². The first-order valence-electron chi connectivity index (χ1n) is 8.12. The summed E-state index contributed by atoms with van der Waals surface area (Å²) in [5.41, 5.74) is 1.20. The molecule has 2 saturated heterocycles. The van der Waals surface area contributed by atoms with Gasteiger partial charge < -0.3 is 14.6 Å². The van der Waals surface area contributed by atoms with Crippen molar-refractivity contribution in [3.05, 3.63) is 23.8 Å². The average molecular weight is 315 g/mol. The number of carbonyl (C=O) groups is 1. The molecule has 2 aliphatic rings. The molecule has 2 aliphatic heterocycles. The molecule has 4 rings (SSSR count). The van der Waals surface area contributed by atoms with Gasteiger partial charge in [0.25, 0.3) is 5.91 Å². The summed E-state index contributed by atoms with van der Waals surface area (Å²) in [4.78, 5) is 19.2. The number of nitrogens with one attached hydrogen (secondary N) is 1. The van der Waals surface area contributed by atoms with E-state index in [4.69, 9.17) is 4.42 Å². The van der Waals surface area contributed by atoms with Crippen molar-refractivity contribution in [2.45, 2.75) is 38.3 Å². The molecule has 0 aromatic carbocycles. The highest BCUT2D eigenvalue weighted by molar-refractivity contribution is 5.93. The van der Waals surface area contributed by atoms with Crippen molar-refractivity contribution in [3.63, 3.8) is 0 Å². The molecule has 1 amide bonds. The van der Waals surface area contributed by atoms with Gasteiger partial charge in [0, 0.05) is 38.4 Å². The van der Waals surface area contributed by atoms with E-state index in [1.54, 1.807) is 17.8 Å². The quantitative estimate of drug-likeness (QED) is 0.905. The number of nitrogens with zero attached hydrogens (tertiary/aromatic N) is 4. The lowest BCUT2D eigenvalue weighted by Gasteiger charge is -2.23. The van der Waals surface area contributed by atoms with Gasteiger partial charge in [-0.25, -0.2) is 4.98 Å². The minimum absolute atomic E-state index is 0.0317. The molecule has 2 fully saturated rings. The van der Waals surface area contributed by atoms with Crippen LogP contribution in [-0.4, -0.2) is 50.7 Å². The van der Waals surface area contributed by atoms with Gasteiger partial charge in [0.15, 0.2) is 5.69 Å². The Morgan fingerprint density at radius 2 is 2.17 bits per heavy atom. The van der Waals surface area contributed by atoms with Crippen molar-refractivity contribution in [2.24, 2.45) is 7.05 Å². The maximum Gasteiger partial charge on any atom is 0.276 e. The van der Waals surface area contributed by atoms with Gasteiger partial charge >= 0.3 is 0 Å². The molecule has 4 heterocycles. The zero-order valence-electron chi connectivity index (χ0n) is 13.5. The Labute approximate surface area is 134 Å². The highest BCUT2D eigenvalue weighted by Crippen LogP contribution is 2.25. The first-order chi connectivity index (χ1) is 11.1. The van der Waals surface area contributed by atoms with Crippen molar-refractivity contribution < 1.29 is 9.21 Å². The van der Waals surface area contributed by atoms with Crippen LogP contribution in [-0.2, 0) is 7.05 Å². The molecular formula is C16H21N5O2. The third kappa shape index (κ3) is 2.65. The van der Waals surface area contributed by atoms with Crippen LogP contribution in [0.25, 0.3) is 11.5 Å². The number of oxazole rings is 1. The van der Waals surface area contributed by atoms with Crippen LogP contribution in [0.4, 0.5) is 0 Å². The largest absolute Gasteiger partial charge is 0.440 e. The van der Waals surface area contributed by atoms with E-state index < -0.39 is 0 Å². The maximum absolute atomic E-state index is 12.9. The van der Waals surface area contributed by atoms with E-state index in [9.17, 15) is 4.79 Å². The summed E-state index contributed by atoms with van der Waals surface area (Å²) in [7, 11) is 1.84. The fraction of sp³-hybridized carbons (Fsp3) is 0.562. The molecule has 122 valence electrons. The molecule has 7 nitrogen and oxygen atoms in total. The highest BCUT2D eigenvalue weighted by atomic mass is 16.4. The lowest BCUT2D eigenvalue weighted by molar-refractivity contribution is 0.0741. The summed E-state index contributed by atoms with van der Waals surface area (Å²) in [5.74, 6) is 0.986. The molecule has 2 atom stereocenters. The van der Waals surface area contributed by atoms with Crippen LogP contribution in [0.15, 0.2) is 16.8 Å². The monoisotopic (exact) mass is 315 g/mol. The van der Waals surface area contributed by atoms with Gasteiger partial charge in [-0.1, -0.05) is 0 Å². The zero-order valence-corrected chi connectivity index (χ0v) is 13.5. The number of aryl methyl sites for hydroxylation is 2. The lowest BCUT2D eigenvalue weighted by Crippen LogP contribution is -2.39. The number of fused-ring (bicyclic) bond motifs is 2. The molecule has 2 bridgehead atoms. The third-order valence-corrected chi connectivity index (χ3v) is 4.76. The van der Waals surface area contributed by atoms with Crippen molar-refractivity contribution in [3.8, 4) is 11.5 Å². The van der Waals surface area contributed by atoms with Gasteiger partial charge in [-0.3, -0.25) is 9.48 Å². The molecule has 0 aliphatic carbocycles. The second-order valence-electron chi connectivity index (χ2n) is 6.50. The zero-order chi connectivity index (χ0) is 16.0. The Hall–Kier alpha value is -2.15. The fourth-order valence-electron chi connectivity index (χ4n) is 3.53. The molecule has 0 spiro atoms. The van der Waals surface area contributed by atoms with Crippen molar-refractivity contribution in [1.82, 2.24) is 25.0 Å². The SMILES string of the molecule is Cc1oc(-c2cnn(C)c2)nc1C(=O)N1CCC2CCC(C1)N2. The minimum atomic E-state index is -0.0317. The Bertz CT molecular complexity index is 735. The molecule has 2 aromatic rings. The van der Waals surface area contributed by atoms with Crippen molar-refractivity contribution >= 4 is 5.91 Å². The van der Waals surface area contributed by atoms with E-state index in [0.717, 1.165) is 31.5 Å². The minimum Gasteiger partial charge on any atom is -0.440 e. The average Bonchev–Trinajstić information content (AvgIpc) is 3.18. The van der Waals surface area contributed by atoms with Gasteiger partial charge in [0.05, 0.1) is 11.8 Å². The van der Waals surface area contributed by atoms with Crippen LogP contribution in [0.1, 0.15) is 35.5 Å². The lowest BCUT2D eigenvalue weighted by atomic mass is 10.1. The molecular weight excluding hydrogens is 294 g/mol. The molecule has 0 saturated carbocycles. The standard InChI is InChI=1S/C16H21N5O2/c1-10-14(19-15(23-10)11-7-17-20(2)8-11)16(22)21-6-5-12-3-4-13(9-21)18-12/h7-8,12-13,18H,3-6,9H2,1-2H3. The smallest absolute Gasteiger partial charge is 0.276 e. The molecule has 23 heavy (non-hydrogen) atoms. The first kappa shape index (κ1) is 14.4. The van der Waals surface area contributed by atoms with Crippen LogP contribution in [0, 0.1) is 6.92 Å². The number of likely N-dealkylation sites (tertiary alicyclic amines) is 1. The first-order valence-corrected chi connectivity index (χ1v) is 8.12. The van der Waals surface area contributed by atoms with E-state index in [2.05, 4.69) is 15.4 Å². The van der Waals surface area contributed by atoms with Crippen LogP contribution in [0.3, 0.4) is 0 Å². The summed E-state index contributed by atoms with van der Waals surface area (Å²) >= 11 is 0. The van der Waals surface area contributed by atoms with Gasteiger partial charge in [-0.15, -0.1) is 0 Å². The number of hydrogen-bond donors (Lipinski definition) is 1. The highest BCUT2D eigenvalue weighted by Gasteiger charge is 2.33. The normalized spacial score (nSPS) is 24.0. The number of carbonyl (C=O) groups excluding carboxylic acids is 1. The second kappa shape index (κ2) is 5.49. The van der Waals surface area contributed by atoms with Crippen LogP contribution >= 0.6 is 0 Å². The Kier molecular flexibility index (Phi) is 3.45. The molecule has 2 unspecified atom stereocenters. The summed E-state index contributed by atoms with van der Waals surface area (Å²) < 4.78 is 7.38. The third-order valence-electron chi connectivity index (χ3n) is 4.76. The summed E-state index contributed by atoms with van der Waals surface area (Å²) in [5, 5.41) is 7.71. The number of rotatable bonds is 2. The second-order valence-corrected chi connectivity index (χ2v) is 6.50. The predicted octanol–water partition coefficient (Wildman–Crippen LogP) is 1.35. The molecule has 7 heteroatoms.